The van der Waals surface area contributed by atoms with Gasteiger partial charge in [-0.1, -0.05) is 0 Å². The van der Waals surface area contributed by atoms with Crippen LogP contribution in [0, 0.1) is 5.41 Å². The molecule has 0 bridgehead atoms. The van der Waals surface area contributed by atoms with Crippen LogP contribution in [-0.4, -0.2) is 40.2 Å². The summed E-state index contributed by atoms with van der Waals surface area (Å²) in [7, 11) is 0. The second-order valence-corrected chi connectivity index (χ2v) is 5.44. The first kappa shape index (κ1) is 12.5. The van der Waals surface area contributed by atoms with E-state index >= 15 is 0 Å². The number of hydrogen-bond acceptors (Lipinski definition) is 5. The van der Waals surface area contributed by atoms with E-state index in [4.69, 9.17) is 0 Å². The first-order valence-electron chi connectivity index (χ1n) is 6.67. The minimum Gasteiger partial charge on any atom is -0.480 e. The smallest absolute Gasteiger partial charge is 0.320 e. The van der Waals surface area contributed by atoms with Crippen molar-refractivity contribution in [2.24, 2.45) is 5.41 Å². The Morgan fingerprint density at radius 1 is 1.42 bits per heavy atom. The molecule has 2 aliphatic rings. The predicted octanol–water partition coefficient (Wildman–Crippen LogP) is 0.334. The van der Waals surface area contributed by atoms with Crippen LogP contribution < -0.4 is 10.6 Å². The van der Waals surface area contributed by atoms with Crippen LogP contribution in [0.2, 0.25) is 0 Å². The maximum atomic E-state index is 11.3. The summed E-state index contributed by atoms with van der Waals surface area (Å²) >= 11 is 0. The van der Waals surface area contributed by atoms with Gasteiger partial charge < -0.3 is 10.4 Å². The highest BCUT2D eigenvalue weighted by molar-refractivity contribution is 5.74. The Kier molecular flexibility index (Phi) is 3.20. The molecule has 2 fully saturated rings. The molecule has 0 radical (unpaired) electrons. The van der Waals surface area contributed by atoms with E-state index in [1.54, 1.807) is 6.20 Å². The molecule has 3 rings (SSSR count). The Bertz CT molecular complexity index is 459. The van der Waals surface area contributed by atoms with E-state index in [0.29, 0.717) is 6.42 Å². The van der Waals surface area contributed by atoms with Crippen molar-refractivity contribution < 1.29 is 9.90 Å². The van der Waals surface area contributed by atoms with Crippen molar-refractivity contribution in [1.82, 2.24) is 20.6 Å². The molecule has 2 unspecified atom stereocenters. The van der Waals surface area contributed by atoms with E-state index in [-0.39, 0.29) is 11.5 Å². The van der Waals surface area contributed by atoms with Gasteiger partial charge in [-0.25, -0.2) is 9.97 Å². The van der Waals surface area contributed by atoms with Gasteiger partial charge in [-0.05, 0) is 43.8 Å². The molecule has 3 heterocycles. The zero-order valence-corrected chi connectivity index (χ0v) is 10.7. The van der Waals surface area contributed by atoms with Gasteiger partial charge in [0.15, 0.2) is 0 Å². The second-order valence-electron chi connectivity index (χ2n) is 5.44. The maximum absolute atomic E-state index is 11.3. The van der Waals surface area contributed by atoms with Gasteiger partial charge in [0, 0.05) is 6.20 Å². The molecule has 2 aliphatic heterocycles. The SMILES string of the molecule is O=C(O)C1CC2(CCNCC2)C(c2ccncn2)N1. The van der Waals surface area contributed by atoms with Crippen molar-refractivity contribution in [2.45, 2.75) is 31.3 Å². The van der Waals surface area contributed by atoms with Crippen LogP contribution in [0.1, 0.15) is 31.0 Å². The molecule has 0 aromatic carbocycles. The molecule has 1 spiro atoms. The number of carbonyl (C=O) groups is 1. The molecule has 1 aromatic heterocycles. The number of aliphatic carboxylic acids is 1. The monoisotopic (exact) mass is 262 g/mol. The van der Waals surface area contributed by atoms with Gasteiger partial charge in [0.2, 0.25) is 0 Å². The van der Waals surface area contributed by atoms with Crippen molar-refractivity contribution in [3.8, 4) is 0 Å². The van der Waals surface area contributed by atoms with E-state index in [2.05, 4.69) is 20.6 Å². The second kappa shape index (κ2) is 4.86. The summed E-state index contributed by atoms with van der Waals surface area (Å²) < 4.78 is 0. The number of hydrogen-bond donors (Lipinski definition) is 3. The van der Waals surface area contributed by atoms with Gasteiger partial charge >= 0.3 is 5.97 Å². The normalized spacial score (nSPS) is 29.5. The molecule has 2 saturated heterocycles. The van der Waals surface area contributed by atoms with Crippen LogP contribution in [0.3, 0.4) is 0 Å². The highest BCUT2D eigenvalue weighted by Gasteiger charge is 2.50. The van der Waals surface area contributed by atoms with Gasteiger partial charge in [0.25, 0.3) is 0 Å². The average molecular weight is 262 g/mol. The van der Waals surface area contributed by atoms with Gasteiger partial charge in [-0.2, -0.15) is 0 Å². The molecule has 6 nitrogen and oxygen atoms in total. The number of piperidine rings is 1. The van der Waals surface area contributed by atoms with Crippen molar-refractivity contribution in [2.75, 3.05) is 13.1 Å². The summed E-state index contributed by atoms with van der Waals surface area (Å²) in [4.78, 5) is 19.5. The summed E-state index contributed by atoms with van der Waals surface area (Å²) in [6, 6.07) is 1.42. The van der Waals surface area contributed by atoms with Crippen molar-refractivity contribution in [3.63, 3.8) is 0 Å². The quantitative estimate of drug-likeness (QED) is 0.712. The molecule has 0 saturated carbocycles. The Morgan fingerprint density at radius 2 is 2.21 bits per heavy atom. The fourth-order valence-corrected chi connectivity index (χ4v) is 3.41. The van der Waals surface area contributed by atoms with Gasteiger partial charge in [0.1, 0.15) is 12.4 Å². The first-order valence-corrected chi connectivity index (χ1v) is 6.67. The molecule has 2 atom stereocenters. The molecular formula is C13H18N4O2. The standard InChI is InChI=1S/C13H18N4O2/c18-12(19)10-7-13(2-5-14-6-3-13)11(17-10)9-1-4-15-8-16-9/h1,4,8,10-11,14,17H,2-3,5-7H2,(H,18,19). The van der Waals surface area contributed by atoms with Gasteiger partial charge in [-0.15, -0.1) is 0 Å². The highest BCUT2D eigenvalue weighted by Crippen LogP contribution is 2.49. The summed E-state index contributed by atoms with van der Waals surface area (Å²) in [6.45, 7) is 1.88. The van der Waals surface area contributed by atoms with E-state index in [1.165, 1.54) is 6.33 Å². The fraction of sp³-hybridized carbons (Fsp3) is 0.615. The molecule has 3 N–H and O–H groups in total. The molecular weight excluding hydrogens is 244 g/mol. The van der Waals surface area contributed by atoms with E-state index in [0.717, 1.165) is 31.6 Å². The number of rotatable bonds is 2. The lowest BCUT2D eigenvalue weighted by Gasteiger charge is -2.38. The van der Waals surface area contributed by atoms with Gasteiger partial charge in [-0.3, -0.25) is 10.1 Å². The van der Waals surface area contributed by atoms with Crippen LogP contribution in [0.15, 0.2) is 18.6 Å². The Morgan fingerprint density at radius 3 is 2.84 bits per heavy atom. The largest absolute Gasteiger partial charge is 0.480 e. The van der Waals surface area contributed by atoms with Crippen molar-refractivity contribution >= 4 is 5.97 Å². The minimum absolute atomic E-state index is 0.00264. The molecule has 0 amide bonds. The Balaban J connectivity index is 1.92. The topological polar surface area (TPSA) is 87.1 Å². The molecule has 19 heavy (non-hydrogen) atoms. The first-order chi connectivity index (χ1) is 9.21. The van der Waals surface area contributed by atoms with Gasteiger partial charge in [0.05, 0.1) is 11.7 Å². The van der Waals surface area contributed by atoms with Crippen LogP contribution in [-0.2, 0) is 4.79 Å². The summed E-state index contributed by atoms with van der Waals surface area (Å²) in [6.07, 6.45) is 5.89. The molecule has 102 valence electrons. The third-order valence-electron chi connectivity index (χ3n) is 4.39. The molecule has 0 aliphatic carbocycles. The third kappa shape index (κ3) is 2.21. The van der Waals surface area contributed by atoms with E-state index in [9.17, 15) is 9.90 Å². The minimum atomic E-state index is -0.769. The van der Waals surface area contributed by atoms with Crippen molar-refractivity contribution in [3.05, 3.63) is 24.3 Å². The molecule has 1 aromatic rings. The van der Waals surface area contributed by atoms with Crippen molar-refractivity contribution in [1.29, 1.82) is 0 Å². The number of aromatic nitrogens is 2. The third-order valence-corrected chi connectivity index (χ3v) is 4.39. The number of nitrogens with one attached hydrogen (secondary N) is 2. The predicted molar refractivity (Wildman–Crippen MR) is 68.5 cm³/mol. The summed E-state index contributed by atoms with van der Waals surface area (Å²) in [5.74, 6) is -0.769. The Hall–Kier alpha value is -1.53. The number of carboxylic acids is 1. The van der Waals surface area contributed by atoms with Crippen LogP contribution in [0.4, 0.5) is 0 Å². The molecule has 6 heteroatoms. The Labute approximate surface area is 111 Å². The number of nitrogens with zero attached hydrogens (tertiary/aromatic N) is 2. The zero-order chi connectivity index (χ0) is 13.3. The average Bonchev–Trinajstić information content (AvgIpc) is 2.80. The lowest BCUT2D eigenvalue weighted by atomic mass is 9.71. The lowest BCUT2D eigenvalue weighted by molar-refractivity contribution is -0.139. The van der Waals surface area contributed by atoms with Crippen LogP contribution >= 0.6 is 0 Å². The van der Waals surface area contributed by atoms with E-state index < -0.39 is 12.0 Å². The van der Waals surface area contributed by atoms with Crippen LogP contribution in [0.5, 0.6) is 0 Å². The number of carboxylic acid groups (broad SMARTS) is 1. The van der Waals surface area contributed by atoms with Crippen LogP contribution in [0.25, 0.3) is 0 Å². The summed E-state index contributed by atoms with van der Waals surface area (Å²) in [5, 5.41) is 15.9. The van der Waals surface area contributed by atoms with E-state index in [1.807, 2.05) is 6.07 Å². The lowest BCUT2D eigenvalue weighted by Crippen LogP contribution is -2.40. The zero-order valence-electron chi connectivity index (χ0n) is 10.7. The summed E-state index contributed by atoms with van der Waals surface area (Å²) in [5.41, 5.74) is 0.906. The highest BCUT2D eigenvalue weighted by atomic mass is 16.4. The fourth-order valence-electron chi connectivity index (χ4n) is 3.41. The maximum Gasteiger partial charge on any atom is 0.320 e.